The van der Waals surface area contributed by atoms with Gasteiger partial charge in [0, 0.05) is 4.90 Å². The normalized spacial score (nSPS) is 10.0. The summed E-state index contributed by atoms with van der Waals surface area (Å²) in [4.78, 5) is 22.3. The number of carbonyl (C=O) groups excluding carboxylic acids is 1. The molecule has 0 unspecified atom stereocenters. The summed E-state index contributed by atoms with van der Waals surface area (Å²) in [7, 11) is 0. The highest BCUT2D eigenvalue weighted by atomic mass is 32.2. The van der Waals surface area contributed by atoms with E-state index in [2.05, 4.69) is 0 Å². The molecule has 0 aliphatic rings. The number of carboxylic acid groups (broad SMARTS) is 1. The second-order valence-corrected chi connectivity index (χ2v) is 4.09. The summed E-state index contributed by atoms with van der Waals surface area (Å²) in [5.41, 5.74) is -0.404. The van der Waals surface area contributed by atoms with Crippen molar-refractivity contribution in [1.29, 1.82) is 0 Å². The lowest BCUT2D eigenvalue weighted by atomic mass is 10.2. The van der Waals surface area contributed by atoms with Crippen molar-refractivity contribution in [2.75, 3.05) is 12.4 Å². The molecule has 1 rings (SSSR count). The maximum Gasteiger partial charge on any atom is 0.338 e. The lowest BCUT2D eigenvalue weighted by Gasteiger charge is -2.03. The van der Waals surface area contributed by atoms with Gasteiger partial charge in [-0.1, -0.05) is 0 Å². The molecule has 92 valence electrons. The van der Waals surface area contributed by atoms with Gasteiger partial charge in [-0.2, -0.15) is 0 Å². The van der Waals surface area contributed by atoms with Crippen LogP contribution in [0.5, 0.6) is 0 Å². The molecule has 0 amide bonds. The van der Waals surface area contributed by atoms with Gasteiger partial charge in [-0.15, -0.1) is 11.8 Å². The number of esters is 1. The maximum atomic E-state index is 13.1. The Hall–Kier alpha value is -1.56. The summed E-state index contributed by atoms with van der Waals surface area (Å²) < 4.78 is 17.8. The molecule has 0 spiro atoms. The molecular formula is C11H11FO4S. The lowest BCUT2D eigenvalue weighted by Crippen LogP contribution is -2.06. The van der Waals surface area contributed by atoms with E-state index in [4.69, 9.17) is 9.84 Å². The minimum Gasteiger partial charge on any atom is -0.478 e. The number of halogens is 1. The first kappa shape index (κ1) is 13.5. The number of benzene rings is 1. The predicted molar refractivity (Wildman–Crippen MR) is 60.7 cm³/mol. The Balaban J connectivity index is 2.69. The molecule has 0 saturated heterocycles. The zero-order valence-electron chi connectivity index (χ0n) is 9.10. The highest BCUT2D eigenvalue weighted by molar-refractivity contribution is 8.00. The van der Waals surface area contributed by atoms with Gasteiger partial charge >= 0.3 is 11.9 Å². The standard InChI is InChI=1S/C11H11FO4S/c1-2-16-10(13)6-17-7-3-4-9(12)8(5-7)11(14)15/h3-5H,2,6H2,1H3,(H,14,15). The van der Waals surface area contributed by atoms with E-state index in [1.165, 1.54) is 12.1 Å². The number of aromatic carboxylic acids is 1. The topological polar surface area (TPSA) is 63.6 Å². The second kappa shape index (κ2) is 6.24. The van der Waals surface area contributed by atoms with Gasteiger partial charge in [0.2, 0.25) is 0 Å². The van der Waals surface area contributed by atoms with Crippen LogP contribution < -0.4 is 0 Å². The van der Waals surface area contributed by atoms with E-state index in [0.29, 0.717) is 11.5 Å². The van der Waals surface area contributed by atoms with Crippen molar-refractivity contribution in [2.24, 2.45) is 0 Å². The van der Waals surface area contributed by atoms with Gasteiger partial charge in [-0.3, -0.25) is 4.79 Å². The van der Waals surface area contributed by atoms with E-state index in [9.17, 15) is 14.0 Å². The average molecular weight is 258 g/mol. The van der Waals surface area contributed by atoms with Crippen LogP contribution in [0, 0.1) is 5.82 Å². The van der Waals surface area contributed by atoms with Gasteiger partial charge in [-0.05, 0) is 25.1 Å². The van der Waals surface area contributed by atoms with Crippen molar-refractivity contribution in [1.82, 2.24) is 0 Å². The fourth-order valence-corrected chi connectivity index (χ4v) is 1.84. The first-order chi connectivity index (χ1) is 8.04. The molecule has 0 aromatic heterocycles. The monoisotopic (exact) mass is 258 g/mol. The van der Waals surface area contributed by atoms with Crippen molar-refractivity contribution >= 4 is 23.7 Å². The van der Waals surface area contributed by atoms with Crippen molar-refractivity contribution in [3.05, 3.63) is 29.6 Å². The molecule has 4 nitrogen and oxygen atoms in total. The molecule has 0 aliphatic heterocycles. The SMILES string of the molecule is CCOC(=O)CSc1ccc(F)c(C(=O)O)c1. The van der Waals surface area contributed by atoms with E-state index in [1.807, 2.05) is 0 Å². The quantitative estimate of drug-likeness (QED) is 0.647. The van der Waals surface area contributed by atoms with Gasteiger partial charge in [0.25, 0.3) is 0 Å². The lowest BCUT2D eigenvalue weighted by molar-refractivity contribution is -0.139. The second-order valence-electron chi connectivity index (χ2n) is 3.04. The average Bonchev–Trinajstić information content (AvgIpc) is 2.28. The zero-order chi connectivity index (χ0) is 12.8. The third-order valence-corrected chi connectivity index (χ3v) is 2.80. The zero-order valence-corrected chi connectivity index (χ0v) is 9.92. The Morgan fingerprint density at radius 3 is 2.76 bits per heavy atom. The Labute approximate surface area is 102 Å². The molecule has 0 heterocycles. The smallest absolute Gasteiger partial charge is 0.338 e. The molecule has 0 aliphatic carbocycles. The van der Waals surface area contributed by atoms with Crippen LogP contribution in [0.25, 0.3) is 0 Å². The number of ether oxygens (including phenoxy) is 1. The van der Waals surface area contributed by atoms with E-state index in [1.54, 1.807) is 6.92 Å². The molecule has 0 atom stereocenters. The molecule has 0 saturated carbocycles. The van der Waals surface area contributed by atoms with Crippen molar-refractivity contribution in [3.63, 3.8) is 0 Å². The molecular weight excluding hydrogens is 247 g/mol. The molecule has 0 radical (unpaired) electrons. The van der Waals surface area contributed by atoms with Gasteiger partial charge in [-0.25, -0.2) is 9.18 Å². The highest BCUT2D eigenvalue weighted by Gasteiger charge is 2.11. The highest BCUT2D eigenvalue weighted by Crippen LogP contribution is 2.21. The van der Waals surface area contributed by atoms with Gasteiger partial charge in [0.15, 0.2) is 0 Å². The maximum absolute atomic E-state index is 13.1. The fourth-order valence-electron chi connectivity index (χ4n) is 1.10. The molecule has 1 aromatic rings. The Morgan fingerprint density at radius 1 is 1.47 bits per heavy atom. The van der Waals surface area contributed by atoms with E-state index < -0.39 is 23.3 Å². The molecule has 17 heavy (non-hydrogen) atoms. The number of carboxylic acids is 1. The molecule has 1 aromatic carbocycles. The Kier molecular flexibility index (Phi) is 4.96. The Morgan fingerprint density at radius 2 is 2.18 bits per heavy atom. The van der Waals surface area contributed by atoms with Crippen LogP contribution in [0.15, 0.2) is 23.1 Å². The van der Waals surface area contributed by atoms with E-state index >= 15 is 0 Å². The van der Waals surface area contributed by atoms with Crippen LogP contribution in [0.3, 0.4) is 0 Å². The minimum absolute atomic E-state index is 0.0680. The third kappa shape index (κ3) is 4.07. The van der Waals surface area contributed by atoms with Crippen molar-refractivity contribution < 1.29 is 23.8 Å². The molecule has 6 heteroatoms. The number of carbonyl (C=O) groups is 2. The van der Waals surface area contributed by atoms with Crippen LogP contribution in [-0.2, 0) is 9.53 Å². The van der Waals surface area contributed by atoms with Crippen LogP contribution in [0.4, 0.5) is 4.39 Å². The number of thioether (sulfide) groups is 1. The third-order valence-electron chi connectivity index (χ3n) is 1.83. The van der Waals surface area contributed by atoms with Gasteiger partial charge in [0.05, 0.1) is 17.9 Å². The van der Waals surface area contributed by atoms with Crippen molar-refractivity contribution in [2.45, 2.75) is 11.8 Å². The Bertz CT molecular complexity index is 433. The summed E-state index contributed by atoms with van der Waals surface area (Å²) in [5.74, 6) is -2.45. The number of hydrogen-bond donors (Lipinski definition) is 1. The van der Waals surface area contributed by atoms with E-state index in [-0.39, 0.29) is 5.75 Å². The largest absolute Gasteiger partial charge is 0.478 e. The number of hydrogen-bond acceptors (Lipinski definition) is 4. The van der Waals surface area contributed by atoms with E-state index in [0.717, 1.165) is 17.8 Å². The number of rotatable bonds is 5. The first-order valence-corrected chi connectivity index (χ1v) is 5.84. The first-order valence-electron chi connectivity index (χ1n) is 4.86. The van der Waals surface area contributed by atoms with Gasteiger partial charge < -0.3 is 9.84 Å². The van der Waals surface area contributed by atoms with Gasteiger partial charge in [0.1, 0.15) is 5.82 Å². The summed E-state index contributed by atoms with van der Waals surface area (Å²) >= 11 is 1.10. The summed E-state index contributed by atoms with van der Waals surface area (Å²) in [6.07, 6.45) is 0. The molecule has 1 N–H and O–H groups in total. The minimum atomic E-state index is -1.33. The fraction of sp³-hybridized carbons (Fsp3) is 0.273. The molecule has 0 fully saturated rings. The van der Waals surface area contributed by atoms with Crippen LogP contribution in [-0.4, -0.2) is 29.4 Å². The summed E-state index contributed by atoms with van der Waals surface area (Å²) in [6, 6.07) is 3.68. The molecule has 0 bridgehead atoms. The van der Waals surface area contributed by atoms with Crippen LogP contribution in [0.2, 0.25) is 0 Å². The van der Waals surface area contributed by atoms with Crippen molar-refractivity contribution in [3.8, 4) is 0 Å². The van der Waals surface area contributed by atoms with Crippen LogP contribution >= 0.6 is 11.8 Å². The summed E-state index contributed by atoms with van der Waals surface area (Å²) in [6.45, 7) is 1.99. The predicted octanol–water partition coefficient (Wildman–Crippen LogP) is 2.18. The summed E-state index contributed by atoms with van der Waals surface area (Å²) in [5, 5.41) is 8.71. The van der Waals surface area contributed by atoms with Crippen LogP contribution in [0.1, 0.15) is 17.3 Å².